The van der Waals surface area contributed by atoms with Gasteiger partial charge in [0.15, 0.2) is 0 Å². The average Bonchev–Trinajstić information content (AvgIpc) is 2.92. The lowest BCUT2D eigenvalue weighted by atomic mass is 10.0. The first-order valence-electron chi connectivity index (χ1n) is 7.18. The van der Waals surface area contributed by atoms with Gasteiger partial charge < -0.3 is 10.1 Å². The molecule has 6 heteroatoms. The van der Waals surface area contributed by atoms with Crippen molar-refractivity contribution in [3.63, 3.8) is 0 Å². The Morgan fingerprint density at radius 1 is 1.27 bits per heavy atom. The first-order valence-corrected chi connectivity index (χ1v) is 8.44. The van der Waals surface area contributed by atoms with E-state index in [1.807, 2.05) is 23.6 Å². The normalized spacial score (nSPS) is 17.6. The minimum absolute atomic E-state index is 0.160. The van der Waals surface area contributed by atoms with E-state index in [1.165, 1.54) is 0 Å². The molecule has 4 rings (SSSR count). The summed E-state index contributed by atoms with van der Waals surface area (Å²) in [6.07, 6.45) is 3.59. The average molecular weight is 332 g/mol. The molecule has 0 fully saturated rings. The van der Waals surface area contributed by atoms with Crippen molar-refractivity contribution < 1.29 is 4.74 Å². The maximum absolute atomic E-state index is 6.08. The predicted molar refractivity (Wildman–Crippen MR) is 90.0 cm³/mol. The van der Waals surface area contributed by atoms with Gasteiger partial charge in [0, 0.05) is 10.6 Å². The lowest BCUT2D eigenvalue weighted by Gasteiger charge is -2.19. The van der Waals surface area contributed by atoms with Crippen LogP contribution in [0, 0.1) is 0 Å². The summed E-state index contributed by atoms with van der Waals surface area (Å²) in [6, 6.07) is 8.04. The van der Waals surface area contributed by atoms with Crippen LogP contribution in [0.15, 0.2) is 36.0 Å². The standard InChI is InChI=1S/C16H14ClN3OS/c17-10-3-4-11-13(2-1-6-21-14(11)8-10)20-15-12-5-7-22-16(12)19-9-18-15/h3-5,7-9,13H,1-2,6H2,(H,18,19,20). The molecule has 112 valence electrons. The van der Waals surface area contributed by atoms with Crippen LogP contribution in [0.4, 0.5) is 5.82 Å². The number of thiophene rings is 1. The lowest BCUT2D eigenvalue weighted by Crippen LogP contribution is -2.11. The molecule has 4 nitrogen and oxygen atoms in total. The highest BCUT2D eigenvalue weighted by Gasteiger charge is 2.21. The fourth-order valence-electron chi connectivity index (χ4n) is 2.77. The number of benzene rings is 1. The maximum atomic E-state index is 6.08. The van der Waals surface area contributed by atoms with Crippen LogP contribution in [0.3, 0.4) is 0 Å². The van der Waals surface area contributed by atoms with Crippen LogP contribution < -0.4 is 10.1 Å². The molecule has 0 bridgehead atoms. The Morgan fingerprint density at radius 3 is 3.18 bits per heavy atom. The summed E-state index contributed by atoms with van der Waals surface area (Å²) in [5, 5.41) is 7.35. The van der Waals surface area contributed by atoms with Crippen LogP contribution in [0.5, 0.6) is 5.75 Å². The minimum atomic E-state index is 0.160. The molecule has 1 aromatic carbocycles. The molecule has 22 heavy (non-hydrogen) atoms. The molecule has 1 aliphatic rings. The molecule has 0 radical (unpaired) electrons. The van der Waals surface area contributed by atoms with Crippen LogP contribution in [-0.2, 0) is 0 Å². The third kappa shape index (κ3) is 2.51. The maximum Gasteiger partial charge on any atom is 0.138 e. The highest BCUT2D eigenvalue weighted by atomic mass is 35.5. The molecule has 1 N–H and O–H groups in total. The smallest absolute Gasteiger partial charge is 0.138 e. The van der Waals surface area contributed by atoms with Crippen LogP contribution in [0.1, 0.15) is 24.4 Å². The largest absolute Gasteiger partial charge is 0.493 e. The van der Waals surface area contributed by atoms with Gasteiger partial charge in [-0.05, 0) is 36.4 Å². The quantitative estimate of drug-likeness (QED) is 0.741. The fraction of sp³-hybridized carbons (Fsp3) is 0.250. The zero-order chi connectivity index (χ0) is 14.9. The number of nitrogens with one attached hydrogen (secondary N) is 1. The lowest BCUT2D eigenvalue weighted by molar-refractivity contribution is 0.316. The molecular formula is C16H14ClN3OS. The molecular weight excluding hydrogens is 318 g/mol. The Morgan fingerprint density at radius 2 is 2.23 bits per heavy atom. The van der Waals surface area contributed by atoms with E-state index in [0.717, 1.165) is 40.2 Å². The van der Waals surface area contributed by atoms with Crippen molar-refractivity contribution in [1.29, 1.82) is 0 Å². The van der Waals surface area contributed by atoms with Crippen molar-refractivity contribution in [1.82, 2.24) is 9.97 Å². The second-order valence-electron chi connectivity index (χ2n) is 5.23. The Labute approximate surface area is 137 Å². The van der Waals surface area contributed by atoms with Gasteiger partial charge in [0.25, 0.3) is 0 Å². The number of rotatable bonds is 2. The summed E-state index contributed by atoms with van der Waals surface area (Å²) in [7, 11) is 0. The summed E-state index contributed by atoms with van der Waals surface area (Å²) < 4.78 is 5.81. The van der Waals surface area contributed by atoms with Gasteiger partial charge in [0.2, 0.25) is 0 Å². The number of ether oxygens (including phenoxy) is 1. The number of hydrogen-bond acceptors (Lipinski definition) is 5. The molecule has 2 aromatic heterocycles. The number of aromatic nitrogens is 2. The second kappa shape index (κ2) is 5.74. The van der Waals surface area contributed by atoms with Crippen molar-refractivity contribution in [2.45, 2.75) is 18.9 Å². The van der Waals surface area contributed by atoms with Crippen molar-refractivity contribution >= 4 is 39.0 Å². The van der Waals surface area contributed by atoms with Crippen LogP contribution in [0.2, 0.25) is 5.02 Å². The van der Waals surface area contributed by atoms with E-state index in [4.69, 9.17) is 16.3 Å². The predicted octanol–water partition coefficient (Wildman–Crippen LogP) is 4.67. The number of hydrogen-bond donors (Lipinski definition) is 1. The molecule has 0 amide bonds. The highest BCUT2D eigenvalue weighted by Crippen LogP contribution is 2.36. The van der Waals surface area contributed by atoms with E-state index in [1.54, 1.807) is 17.7 Å². The Bertz CT molecular complexity index is 820. The van der Waals surface area contributed by atoms with Crippen LogP contribution in [0.25, 0.3) is 10.2 Å². The van der Waals surface area contributed by atoms with Gasteiger partial charge in [0.05, 0.1) is 18.0 Å². The van der Waals surface area contributed by atoms with Gasteiger partial charge in [-0.2, -0.15) is 0 Å². The molecule has 1 atom stereocenters. The first-order chi connectivity index (χ1) is 10.8. The zero-order valence-electron chi connectivity index (χ0n) is 11.8. The summed E-state index contributed by atoms with van der Waals surface area (Å²) in [5.41, 5.74) is 1.13. The second-order valence-corrected chi connectivity index (χ2v) is 6.56. The summed E-state index contributed by atoms with van der Waals surface area (Å²) >= 11 is 7.70. The van der Waals surface area contributed by atoms with Crippen LogP contribution in [-0.4, -0.2) is 16.6 Å². The summed E-state index contributed by atoms with van der Waals surface area (Å²) in [4.78, 5) is 9.71. The van der Waals surface area contributed by atoms with Gasteiger partial charge in [0.1, 0.15) is 22.7 Å². The Kier molecular flexibility index (Phi) is 3.60. The van der Waals surface area contributed by atoms with E-state index in [2.05, 4.69) is 21.4 Å². The van der Waals surface area contributed by atoms with Crippen molar-refractivity contribution in [3.8, 4) is 5.75 Å². The highest BCUT2D eigenvalue weighted by molar-refractivity contribution is 7.16. The molecule has 0 aliphatic carbocycles. The molecule has 1 aliphatic heterocycles. The van der Waals surface area contributed by atoms with E-state index in [9.17, 15) is 0 Å². The van der Waals surface area contributed by atoms with Crippen molar-refractivity contribution in [3.05, 3.63) is 46.6 Å². The van der Waals surface area contributed by atoms with E-state index in [-0.39, 0.29) is 6.04 Å². The monoisotopic (exact) mass is 331 g/mol. The van der Waals surface area contributed by atoms with Gasteiger partial charge in [-0.25, -0.2) is 9.97 Å². The number of fused-ring (bicyclic) bond motifs is 2. The van der Waals surface area contributed by atoms with Crippen LogP contribution >= 0.6 is 22.9 Å². The topological polar surface area (TPSA) is 47.0 Å². The van der Waals surface area contributed by atoms with E-state index in [0.29, 0.717) is 11.6 Å². The number of halogens is 1. The summed E-state index contributed by atoms with van der Waals surface area (Å²) in [5.74, 6) is 1.73. The van der Waals surface area contributed by atoms with E-state index >= 15 is 0 Å². The van der Waals surface area contributed by atoms with E-state index < -0.39 is 0 Å². The van der Waals surface area contributed by atoms with Gasteiger partial charge >= 0.3 is 0 Å². The Hall–Kier alpha value is -1.85. The molecule has 0 spiro atoms. The van der Waals surface area contributed by atoms with Crippen molar-refractivity contribution in [2.24, 2.45) is 0 Å². The van der Waals surface area contributed by atoms with Crippen molar-refractivity contribution in [2.75, 3.05) is 11.9 Å². The fourth-order valence-corrected chi connectivity index (χ4v) is 3.66. The molecule has 1 unspecified atom stereocenters. The molecule has 3 heterocycles. The SMILES string of the molecule is Clc1ccc2c(c1)OCCCC2Nc1ncnc2sccc12. The van der Waals surface area contributed by atoms with Gasteiger partial charge in [-0.15, -0.1) is 11.3 Å². The Balaban J connectivity index is 1.72. The molecule has 0 saturated carbocycles. The van der Waals surface area contributed by atoms with Gasteiger partial charge in [-0.1, -0.05) is 17.7 Å². The molecule has 0 saturated heterocycles. The minimum Gasteiger partial charge on any atom is -0.493 e. The zero-order valence-corrected chi connectivity index (χ0v) is 13.3. The number of anilines is 1. The first kappa shape index (κ1) is 13.8. The van der Waals surface area contributed by atoms with Gasteiger partial charge in [-0.3, -0.25) is 0 Å². The number of nitrogens with zero attached hydrogens (tertiary/aromatic N) is 2. The summed E-state index contributed by atoms with van der Waals surface area (Å²) in [6.45, 7) is 0.711. The third-order valence-corrected chi connectivity index (χ3v) is 4.87. The third-order valence-electron chi connectivity index (χ3n) is 3.82. The molecule has 3 aromatic rings.